The number of nitrogens with zero attached hydrogens (tertiary/aromatic N) is 3. The molecular formula is C26H28N4O2. The van der Waals surface area contributed by atoms with Crippen molar-refractivity contribution < 1.29 is 9.59 Å². The van der Waals surface area contributed by atoms with Gasteiger partial charge in [-0.3, -0.25) is 9.59 Å². The summed E-state index contributed by atoms with van der Waals surface area (Å²) < 4.78 is 0. The number of rotatable bonds is 2. The smallest absolute Gasteiger partial charge is 0.253 e. The van der Waals surface area contributed by atoms with Gasteiger partial charge in [0.2, 0.25) is 5.91 Å². The lowest BCUT2D eigenvalue weighted by Crippen LogP contribution is -2.49. The van der Waals surface area contributed by atoms with Crippen LogP contribution in [0, 0.1) is 13.8 Å². The van der Waals surface area contributed by atoms with E-state index in [-0.39, 0.29) is 11.8 Å². The summed E-state index contributed by atoms with van der Waals surface area (Å²) in [5, 5.41) is 4.13. The van der Waals surface area contributed by atoms with Crippen molar-refractivity contribution in [3.8, 4) is 0 Å². The zero-order valence-electron chi connectivity index (χ0n) is 18.6. The number of fused-ring (bicyclic) bond motifs is 2. The van der Waals surface area contributed by atoms with E-state index in [1.54, 1.807) is 0 Å². The summed E-state index contributed by atoms with van der Waals surface area (Å²) in [6, 6.07) is 14.1. The molecule has 0 saturated carbocycles. The lowest BCUT2D eigenvalue weighted by atomic mass is 10.0. The summed E-state index contributed by atoms with van der Waals surface area (Å²) in [6.07, 6.45) is 2.16. The Morgan fingerprint density at radius 2 is 1.78 bits per heavy atom. The second-order valence-corrected chi connectivity index (χ2v) is 8.82. The minimum Gasteiger partial charge on any atom is -0.353 e. The highest BCUT2D eigenvalue weighted by Crippen LogP contribution is 2.27. The summed E-state index contributed by atoms with van der Waals surface area (Å²) in [5.74, 6) is 1.09. The first-order valence-electron chi connectivity index (χ1n) is 11.3. The number of aryl methyl sites for hydroxylation is 3. The summed E-state index contributed by atoms with van der Waals surface area (Å²) in [4.78, 5) is 34.1. The third-order valence-corrected chi connectivity index (χ3v) is 6.60. The van der Waals surface area contributed by atoms with Gasteiger partial charge in [-0.25, -0.2) is 4.98 Å². The molecule has 0 aliphatic carbocycles. The predicted molar refractivity (Wildman–Crippen MR) is 127 cm³/mol. The molecular weight excluding hydrogens is 400 g/mol. The van der Waals surface area contributed by atoms with E-state index >= 15 is 0 Å². The van der Waals surface area contributed by atoms with Crippen LogP contribution < -0.4 is 10.2 Å². The van der Waals surface area contributed by atoms with Crippen LogP contribution in [0.2, 0.25) is 0 Å². The molecule has 2 amide bonds. The normalized spacial score (nSPS) is 16.5. The topological polar surface area (TPSA) is 65.5 Å². The van der Waals surface area contributed by atoms with Crippen LogP contribution in [-0.2, 0) is 11.2 Å². The monoisotopic (exact) mass is 428 g/mol. The van der Waals surface area contributed by atoms with Crippen LogP contribution in [0.1, 0.15) is 39.9 Å². The van der Waals surface area contributed by atoms with Crippen LogP contribution in [0.5, 0.6) is 0 Å². The number of para-hydroxylation sites is 1. The van der Waals surface area contributed by atoms with E-state index in [1.165, 1.54) is 16.5 Å². The zero-order chi connectivity index (χ0) is 22.2. The lowest BCUT2D eigenvalue weighted by Gasteiger charge is -2.36. The minimum absolute atomic E-state index is 0.0479. The molecule has 2 aliphatic heterocycles. The van der Waals surface area contributed by atoms with Crippen molar-refractivity contribution in [2.75, 3.05) is 36.4 Å². The van der Waals surface area contributed by atoms with E-state index < -0.39 is 0 Å². The van der Waals surface area contributed by atoms with Gasteiger partial charge in [-0.05, 0) is 67.6 Å². The van der Waals surface area contributed by atoms with Crippen LogP contribution in [-0.4, -0.2) is 47.9 Å². The Labute approximate surface area is 188 Å². The maximum atomic E-state index is 13.2. The number of benzene rings is 2. The van der Waals surface area contributed by atoms with Crippen molar-refractivity contribution in [3.63, 3.8) is 0 Å². The van der Waals surface area contributed by atoms with Gasteiger partial charge in [-0.2, -0.15) is 0 Å². The second kappa shape index (κ2) is 8.26. The Bertz CT molecular complexity index is 1210. The highest BCUT2D eigenvalue weighted by Gasteiger charge is 2.24. The molecule has 32 heavy (non-hydrogen) atoms. The third kappa shape index (κ3) is 3.81. The molecule has 1 saturated heterocycles. The number of piperazine rings is 1. The molecule has 0 radical (unpaired) electrons. The molecule has 2 aliphatic rings. The molecule has 6 nitrogen and oxygen atoms in total. The van der Waals surface area contributed by atoms with Crippen LogP contribution in [0.4, 0.5) is 11.5 Å². The molecule has 1 N–H and O–H groups in total. The number of anilines is 2. The molecule has 5 rings (SSSR count). The number of hydrogen-bond acceptors (Lipinski definition) is 4. The Balaban J connectivity index is 1.30. The van der Waals surface area contributed by atoms with Gasteiger partial charge in [0.15, 0.2) is 0 Å². The lowest BCUT2D eigenvalue weighted by molar-refractivity contribution is -0.116. The van der Waals surface area contributed by atoms with Gasteiger partial charge in [0, 0.05) is 49.2 Å². The van der Waals surface area contributed by atoms with Gasteiger partial charge in [0.05, 0.1) is 5.52 Å². The molecule has 164 valence electrons. The molecule has 6 heteroatoms. The van der Waals surface area contributed by atoms with Crippen LogP contribution in [0.15, 0.2) is 42.5 Å². The summed E-state index contributed by atoms with van der Waals surface area (Å²) in [5.41, 5.74) is 6.04. The number of carbonyl (C=O) groups is 2. The average Bonchev–Trinajstić information content (AvgIpc) is 2.99. The van der Waals surface area contributed by atoms with Gasteiger partial charge in [0.1, 0.15) is 5.82 Å². The number of pyridine rings is 1. The standard InChI is InChI=1S/C26H28N4O2/c1-17-5-3-7-21-18(2)15-23(28-25(17)21)29-11-13-30(14-12-29)26(32)20-9-10-22-19(16-20)6-4-8-24(31)27-22/h3,5,7,9-10,15-16H,4,6,8,11-14H2,1-2H3,(H,27,31). The molecule has 1 aromatic heterocycles. The van der Waals surface area contributed by atoms with Crippen molar-refractivity contribution in [1.82, 2.24) is 9.88 Å². The summed E-state index contributed by atoms with van der Waals surface area (Å²) >= 11 is 0. The highest BCUT2D eigenvalue weighted by molar-refractivity contribution is 5.97. The first kappa shape index (κ1) is 20.5. The van der Waals surface area contributed by atoms with Crippen molar-refractivity contribution in [3.05, 3.63) is 64.7 Å². The quantitative estimate of drug-likeness (QED) is 0.668. The van der Waals surface area contributed by atoms with Crippen molar-refractivity contribution in [2.24, 2.45) is 0 Å². The first-order valence-corrected chi connectivity index (χ1v) is 11.3. The SMILES string of the molecule is Cc1cc(N2CCN(C(=O)c3ccc4c(c3)CCCC(=O)N4)CC2)nc2c(C)cccc12. The van der Waals surface area contributed by atoms with Gasteiger partial charge in [0.25, 0.3) is 5.91 Å². The molecule has 0 spiro atoms. The fourth-order valence-corrected chi connectivity index (χ4v) is 4.73. The Kier molecular flexibility index (Phi) is 5.29. The molecule has 0 bridgehead atoms. The molecule has 1 fully saturated rings. The van der Waals surface area contributed by atoms with E-state index in [4.69, 9.17) is 4.98 Å². The van der Waals surface area contributed by atoms with Gasteiger partial charge >= 0.3 is 0 Å². The molecule has 3 aromatic rings. The number of nitrogens with one attached hydrogen (secondary N) is 1. The van der Waals surface area contributed by atoms with E-state index in [0.29, 0.717) is 25.1 Å². The molecule has 2 aromatic carbocycles. The maximum Gasteiger partial charge on any atom is 0.253 e. The van der Waals surface area contributed by atoms with Crippen molar-refractivity contribution in [1.29, 1.82) is 0 Å². The van der Waals surface area contributed by atoms with Gasteiger partial charge in [-0.15, -0.1) is 0 Å². The van der Waals surface area contributed by atoms with Crippen LogP contribution in [0.3, 0.4) is 0 Å². The third-order valence-electron chi connectivity index (χ3n) is 6.60. The Morgan fingerprint density at radius 3 is 2.59 bits per heavy atom. The molecule has 0 atom stereocenters. The maximum absolute atomic E-state index is 13.2. The van der Waals surface area contributed by atoms with E-state index in [2.05, 4.69) is 48.3 Å². The number of aromatic nitrogens is 1. The zero-order valence-corrected chi connectivity index (χ0v) is 18.6. The fourth-order valence-electron chi connectivity index (χ4n) is 4.73. The van der Waals surface area contributed by atoms with Crippen LogP contribution >= 0.6 is 0 Å². The summed E-state index contributed by atoms with van der Waals surface area (Å²) in [6.45, 7) is 7.08. The first-order chi connectivity index (χ1) is 15.5. The van der Waals surface area contributed by atoms with E-state index in [1.807, 2.05) is 23.1 Å². The number of amides is 2. The van der Waals surface area contributed by atoms with Crippen LogP contribution in [0.25, 0.3) is 10.9 Å². The molecule has 3 heterocycles. The predicted octanol–water partition coefficient (Wildman–Crippen LogP) is 4.09. The van der Waals surface area contributed by atoms with Gasteiger partial charge < -0.3 is 15.1 Å². The largest absolute Gasteiger partial charge is 0.353 e. The van der Waals surface area contributed by atoms with E-state index in [0.717, 1.165) is 48.5 Å². The van der Waals surface area contributed by atoms with Crippen molar-refractivity contribution >= 4 is 34.2 Å². The Hall–Kier alpha value is -3.41. The summed E-state index contributed by atoms with van der Waals surface area (Å²) in [7, 11) is 0. The van der Waals surface area contributed by atoms with Gasteiger partial charge in [-0.1, -0.05) is 18.2 Å². The number of hydrogen-bond donors (Lipinski definition) is 1. The van der Waals surface area contributed by atoms with E-state index in [9.17, 15) is 9.59 Å². The highest BCUT2D eigenvalue weighted by atomic mass is 16.2. The Morgan fingerprint density at radius 1 is 0.969 bits per heavy atom. The fraction of sp³-hybridized carbons (Fsp3) is 0.346. The van der Waals surface area contributed by atoms with Crippen molar-refractivity contribution in [2.45, 2.75) is 33.1 Å². The number of carbonyl (C=O) groups excluding carboxylic acids is 2. The average molecular weight is 429 g/mol. The minimum atomic E-state index is 0.0479. The molecule has 0 unspecified atom stereocenters. The second-order valence-electron chi connectivity index (χ2n) is 8.82.